The van der Waals surface area contributed by atoms with Gasteiger partial charge in [-0.25, -0.2) is 4.98 Å². The Bertz CT molecular complexity index is 1200. The van der Waals surface area contributed by atoms with Crippen molar-refractivity contribution in [2.45, 2.75) is 5.16 Å². The van der Waals surface area contributed by atoms with Crippen LogP contribution in [0.15, 0.2) is 76.0 Å². The highest BCUT2D eigenvalue weighted by Gasteiger charge is 2.16. The molecule has 0 aliphatic rings. The molecular formula is C21H17N3O3S2. The number of nitrogens with zero attached hydrogens (tertiary/aromatic N) is 2. The zero-order valence-corrected chi connectivity index (χ0v) is 17.1. The van der Waals surface area contributed by atoms with Crippen molar-refractivity contribution in [1.29, 1.82) is 0 Å². The molecule has 1 N–H and O–H groups in total. The maximum atomic E-state index is 13.1. The highest BCUT2D eigenvalue weighted by molar-refractivity contribution is 7.99. The Balaban J connectivity index is 1.65. The molecule has 0 saturated heterocycles. The van der Waals surface area contributed by atoms with Crippen LogP contribution in [0.3, 0.4) is 0 Å². The summed E-state index contributed by atoms with van der Waals surface area (Å²) in [6, 6.07) is 18.2. The number of carbonyl (C=O) groups excluding carboxylic acids is 1. The maximum absolute atomic E-state index is 13.1. The van der Waals surface area contributed by atoms with E-state index in [-0.39, 0.29) is 17.2 Å². The number of thiophene rings is 1. The lowest BCUT2D eigenvalue weighted by Gasteiger charge is -2.12. The highest BCUT2D eigenvalue weighted by Crippen LogP contribution is 2.24. The molecule has 2 aromatic carbocycles. The van der Waals surface area contributed by atoms with Gasteiger partial charge in [-0.3, -0.25) is 14.2 Å². The fraction of sp³-hybridized carbons (Fsp3) is 0.0952. The van der Waals surface area contributed by atoms with Gasteiger partial charge in [0.1, 0.15) is 10.4 Å². The summed E-state index contributed by atoms with van der Waals surface area (Å²) in [4.78, 5) is 30.1. The maximum Gasteiger partial charge on any atom is 0.276 e. The van der Waals surface area contributed by atoms with E-state index in [4.69, 9.17) is 4.74 Å². The molecular weight excluding hydrogens is 406 g/mol. The molecule has 4 rings (SSSR count). The van der Waals surface area contributed by atoms with Crippen LogP contribution in [0.1, 0.15) is 0 Å². The number of nitrogens with one attached hydrogen (secondary N) is 1. The summed E-state index contributed by atoms with van der Waals surface area (Å²) < 4.78 is 7.32. The first-order valence-electron chi connectivity index (χ1n) is 8.78. The monoisotopic (exact) mass is 423 g/mol. The molecule has 8 heteroatoms. The van der Waals surface area contributed by atoms with Gasteiger partial charge in [0.25, 0.3) is 5.56 Å². The fourth-order valence-electron chi connectivity index (χ4n) is 2.80. The predicted molar refractivity (Wildman–Crippen MR) is 118 cm³/mol. The number of aromatic nitrogens is 2. The number of benzene rings is 2. The molecule has 2 heterocycles. The topological polar surface area (TPSA) is 73.2 Å². The lowest BCUT2D eigenvalue weighted by molar-refractivity contribution is -0.113. The molecule has 0 atom stereocenters. The van der Waals surface area contributed by atoms with Crippen molar-refractivity contribution < 1.29 is 9.53 Å². The molecule has 0 bridgehead atoms. The Kier molecular flexibility index (Phi) is 5.64. The van der Waals surface area contributed by atoms with Gasteiger partial charge in [0, 0.05) is 5.69 Å². The summed E-state index contributed by atoms with van der Waals surface area (Å²) in [5.74, 6) is 0.665. The second-order valence-electron chi connectivity index (χ2n) is 6.07. The minimum atomic E-state index is -0.165. The number of hydrogen-bond acceptors (Lipinski definition) is 6. The largest absolute Gasteiger partial charge is 0.497 e. The zero-order chi connectivity index (χ0) is 20.2. The van der Waals surface area contributed by atoms with Crippen LogP contribution in [0.5, 0.6) is 5.75 Å². The summed E-state index contributed by atoms with van der Waals surface area (Å²) in [5, 5.41) is 5.15. The van der Waals surface area contributed by atoms with Crippen molar-refractivity contribution in [3.05, 3.63) is 76.4 Å². The van der Waals surface area contributed by atoms with Crippen molar-refractivity contribution in [2.24, 2.45) is 0 Å². The van der Waals surface area contributed by atoms with Gasteiger partial charge >= 0.3 is 0 Å². The van der Waals surface area contributed by atoms with Gasteiger partial charge in [0.15, 0.2) is 5.16 Å². The van der Waals surface area contributed by atoms with Gasteiger partial charge in [-0.1, -0.05) is 30.0 Å². The number of methoxy groups -OCH3 is 1. The summed E-state index contributed by atoms with van der Waals surface area (Å²) >= 11 is 2.58. The minimum absolute atomic E-state index is 0.132. The van der Waals surface area contributed by atoms with Crippen molar-refractivity contribution >= 4 is 44.9 Å². The van der Waals surface area contributed by atoms with Gasteiger partial charge < -0.3 is 10.1 Å². The van der Waals surface area contributed by atoms with Crippen molar-refractivity contribution in [3.63, 3.8) is 0 Å². The van der Waals surface area contributed by atoms with Crippen molar-refractivity contribution in [2.75, 3.05) is 18.2 Å². The third-order valence-corrected chi connectivity index (χ3v) is 6.00. The van der Waals surface area contributed by atoms with Crippen LogP contribution in [0, 0.1) is 0 Å². The number of amides is 1. The first-order valence-corrected chi connectivity index (χ1v) is 10.6. The number of ether oxygens (including phenoxy) is 1. The van der Waals surface area contributed by atoms with Crippen LogP contribution < -0.4 is 15.6 Å². The molecule has 0 spiro atoms. The summed E-state index contributed by atoms with van der Waals surface area (Å²) in [6.07, 6.45) is 0. The smallest absolute Gasteiger partial charge is 0.276 e. The molecule has 4 aromatic rings. The molecule has 146 valence electrons. The predicted octanol–water partition coefficient (Wildman–Crippen LogP) is 4.19. The Morgan fingerprint density at radius 3 is 2.62 bits per heavy atom. The van der Waals surface area contributed by atoms with E-state index in [1.165, 1.54) is 23.1 Å². The third kappa shape index (κ3) is 4.18. The van der Waals surface area contributed by atoms with E-state index in [9.17, 15) is 9.59 Å². The second-order valence-corrected chi connectivity index (χ2v) is 7.93. The Morgan fingerprint density at radius 1 is 1.14 bits per heavy atom. The van der Waals surface area contributed by atoms with E-state index in [2.05, 4.69) is 10.3 Å². The number of para-hydroxylation sites is 1. The number of thioether (sulfide) groups is 1. The second kappa shape index (κ2) is 8.50. The van der Waals surface area contributed by atoms with E-state index >= 15 is 0 Å². The number of rotatable bonds is 6. The third-order valence-electron chi connectivity index (χ3n) is 4.17. The SMILES string of the molecule is COc1ccc(-n2c(SCC(=O)Nc3ccccc3)nc3ccsc3c2=O)cc1. The Morgan fingerprint density at radius 2 is 1.90 bits per heavy atom. The van der Waals surface area contributed by atoms with Crippen LogP contribution in [-0.4, -0.2) is 28.3 Å². The van der Waals surface area contributed by atoms with E-state index in [0.717, 1.165) is 5.69 Å². The van der Waals surface area contributed by atoms with Crippen LogP contribution in [-0.2, 0) is 4.79 Å². The lowest BCUT2D eigenvalue weighted by Crippen LogP contribution is -2.22. The van der Waals surface area contributed by atoms with Crippen LogP contribution in [0.25, 0.3) is 15.9 Å². The van der Waals surface area contributed by atoms with Crippen molar-refractivity contribution in [3.8, 4) is 11.4 Å². The van der Waals surface area contributed by atoms with Gasteiger partial charge in [-0.2, -0.15) is 0 Å². The number of fused-ring (bicyclic) bond motifs is 1. The molecule has 1 amide bonds. The van der Waals surface area contributed by atoms with E-state index in [0.29, 0.717) is 26.8 Å². The summed E-state index contributed by atoms with van der Waals surface area (Å²) in [5.41, 5.74) is 1.88. The van der Waals surface area contributed by atoms with Crippen LogP contribution >= 0.6 is 23.1 Å². The van der Waals surface area contributed by atoms with Crippen LogP contribution in [0.4, 0.5) is 5.69 Å². The minimum Gasteiger partial charge on any atom is -0.497 e. The van der Waals surface area contributed by atoms with E-state index < -0.39 is 0 Å². The average Bonchev–Trinajstić information content (AvgIpc) is 3.22. The lowest BCUT2D eigenvalue weighted by atomic mass is 10.3. The molecule has 0 aliphatic carbocycles. The van der Waals surface area contributed by atoms with E-state index in [1.807, 2.05) is 41.8 Å². The molecule has 0 fully saturated rings. The van der Waals surface area contributed by atoms with Crippen LogP contribution in [0.2, 0.25) is 0 Å². The zero-order valence-electron chi connectivity index (χ0n) is 15.5. The Hall–Kier alpha value is -3.10. The Labute approximate surface area is 175 Å². The summed E-state index contributed by atoms with van der Waals surface area (Å²) in [6.45, 7) is 0. The van der Waals surface area contributed by atoms with Gasteiger partial charge in [-0.05, 0) is 47.8 Å². The first-order chi connectivity index (χ1) is 14.2. The molecule has 29 heavy (non-hydrogen) atoms. The number of carbonyl (C=O) groups is 1. The average molecular weight is 424 g/mol. The molecule has 0 radical (unpaired) electrons. The van der Waals surface area contributed by atoms with Gasteiger partial charge in [-0.15, -0.1) is 11.3 Å². The highest BCUT2D eigenvalue weighted by atomic mass is 32.2. The van der Waals surface area contributed by atoms with Crippen molar-refractivity contribution in [1.82, 2.24) is 9.55 Å². The molecule has 0 saturated carbocycles. The molecule has 0 aliphatic heterocycles. The van der Waals surface area contributed by atoms with E-state index in [1.54, 1.807) is 35.9 Å². The normalized spacial score (nSPS) is 10.8. The fourth-order valence-corrected chi connectivity index (χ4v) is 4.37. The first kappa shape index (κ1) is 19.2. The quantitative estimate of drug-likeness (QED) is 0.372. The van der Waals surface area contributed by atoms with Gasteiger partial charge in [0.05, 0.1) is 24.1 Å². The van der Waals surface area contributed by atoms with Gasteiger partial charge in [0.2, 0.25) is 5.91 Å². The number of anilines is 1. The molecule has 2 aromatic heterocycles. The summed E-state index contributed by atoms with van der Waals surface area (Å²) in [7, 11) is 1.59. The molecule has 0 unspecified atom stereocenters. The standard InChI is InChI=1S/C21H17N3O3S2/c1-27-16-9-7-15(8-10-16)24-20(26)19-17(11-12-28-19)23-21(24)29-13-18(25)22-14-5-3-2-4-6-14/h2-12H,13H2,1H3,(H,22,25). The number of hydrogen-bond donors (Lipinski definition) is 1. The molecule has 6 nitrogen and oxygen atoms in total.